The molecule has 5 nitrogen and oxygen atoms in total. The van der Waals surface area contributed by atoms with E-state index in [1.807, 2.05) is 0 Å². The van der Waals surface area contributed by atoms with Gasteiger partial charge in [-0.3, -0.25) is 4.79 Å². The third-order valence-electron chi connectivity index (χ3n) is 5.05. The van der Waals surface area contributed by atoms with Crippen molar-refractivity contribution >= 4 is 11.8 Å². The lowest BCUT2D eigenvalue weighted by Gasteiger charge is -2.39. The lowest BCUT2D eigenvalue weighted by Crippen LogP contribution is -2.41. The smallest absolute Gasteiger partial charge is 0.336 e. The maximum atomic E-state index is 12.9. The fourth-order valence-electron chi connectivity index (χ4n) is 4.01. The van der Waals surface area contributed by atoms with Gasteiger partial charge < -0.3 is 14.8 Å². The maximum absolute atomic E-state index is 12.9. The minimum atomic E-state index is -0.321. The lowest BCUT2D eigenvalue weighted by atomic mass is 9.69. The molecule has 0 spiro atoms. The molecule has 2 aliphatic carbocycles. The number of esters is 1. The number of nitrogens with one attached hydrogen (secondary N) is 1. The molecule has 0 amide bonds. The van der Waals surface area contributed by atoms with Gasteiger partial charge in [-0.15, -0.1) is 0 Å². The van der Waals surface area contributed by atoms with Gasteiger partial charge >= 0.3 is 5.97 Å². The quantitative estimate of drug-likeness (QED) is 0.784. The van der Waals surface area contributed by atoms with E-state index in [0.29, 0.717) is 31.1 Å². The fourth-order valence-corrected chi connectivity index (χ4v) is 4.01. The van der Waals surface area contributed by atoms with Crippen molar-refractivity contribution < 1.29 is 19.1 Å². The molecule has 3 aliphatic rings. The molecule has 132 valence electrons. The minimum absolute atomic E-state index is 0.0589. The number of Topliss-reactive ketones (excluding diaryl/α,β-unsaturated/α-hetero) is 1. The van der Waals surface area contributed by atoms with Crippen molar-refractivity contribution in [2.45, 2.75) is 46.5 Å². The van der Waals surface area contributed by atoms with Crippen LogP contribution in [0.25, 0.3) is 0 Å². The van der Waals surface area contributed by atoms with Crippen LogP contribution in [-0.2, 0) is 19.1 Å². The third kappa shape index (κ3) is 3.14. The zero-order chi connectivity index (χ0) is 17.5. The van der Waals surface area contributed by atoms with Crippen LogP contribution >= 0.6 is 0 Å². The van der Waals surface area contributed by atoms with Crippen LogP contribution in [-0.4, -0.2) is 32.1 Å². The Morgan fingerprint density at radius 1 is 1.29 bits per heavy atom. The standard InChI is InChI=1S/C19H27NO4/c1-5-24-18(22)17-13(10-23-4)20-12-8-19(2,3)9-14(21)16(12)15(17)11-6-7-11/h11,15,20H,5-10H2,1-4H3. The molecular formula is C19H27NO4. The van der Waals surface area contributed by atoms with Gasteiger partial charge in [0.25, 0.3) is 0 Å². The summed E-state index contributed by atoms with van der Waals surface area (Å²) >= 11 is 0. The van der Waals surface area contributed by atoms with Gasteiger partial charge in [0.15, 0.2) is 5.78 Å². The van der Waals surface area contributed by atoms with Gasteiger partial charge in [-0.2, -0.15) is 0 Å². The van der Waals surface area contributed by atoms with Crippen LogP contribution in [0.2, 0.25) is 0 Å². The normalized spacial score (nSPS) is 26.2. The second-order valence-corrected chi connectivity index (χ2v) is 7.82. The summed E-state index contributed by atoms with van der Waals surface area (Å²) in [5.74, 6) is 0.0876. The van der Waals surface area contributed by atoms with Crippen LogP contribution in [0, 0.1) is 17.3 Å². The fraction of sp³-hybridized carbons (Fsp3) is 0.684. The van der Waals surface area contributed by atoms with E-state index < -0.39 is 0 Å². The highest BCUT2D eigenvalue weighted by atomic mass is 16.5. The number of allylic oxidation sites excluding steroid dienone is 2. The second-order valence-electron chi connectivity index (χ2n) is 7.82. The van der Waals surface area contributed by atoms with E-state index in [1.165, 1.54) is 0 Å². The monoisotopic (exact) mass is 333 g/mol. The number of carbonyl (C=O) groups excluding carboxylic acids is 2. The largest absolute Gasteiger partial charge is 0.463 e. The summed E-state index contributed by atoms with van der Waals surface area (Å²) in [6, 6.07) is 0. The summed E-state index contributed by atoms with van der Waals surface area (Å²) in [6.45, 7) is 6.68. The number of carbonyl (C=O) groups is 2. The number of hydrogen-bond acceptors (Lipinski definition) is 5. The van der Waals surface area contributed by atoms with E-state index in [-0.39, 0.29) is 23.1 Å². The summed E-state index contributed by atoms with van der Waals surface area (Å²) in [6.07, 6.45) is 3.47. The molecule has 5 heteroatoms. The first-order valence-corrected chi connectivity index (χ1v) is 8.80. The minimum Gasteiger partial charge on any atom is -0.463 e. The maximum Gasteiger partial charge on any atom is 0.336 e. The van der Waals surface area contributed by atoms with Gasteiger partial charge in [0.1, 0.15) is 0 Å². The van der Waals surface area contributed by atoms with Crippen molar-refractivity contribution in [2.75, 3.05) is 20.3 Å². The van der Waals surface area contributed by atoms with Crippen molar-refractivity contribution in [2.24, 2.45) is 17.3 Å². The molecule has 0 aromatic rings. The van der Waals surface area contributed by atoms with Crippen molar-refractivity contribution in [3.8, 4) is 0 Å². The van der Waals surface area contributed by atoms with Crippen LogP contribution in [0.5, 0.6) is 0 Å². The summed E-state index contributed by atoms with van der Waals surface area (Å²) in [4.78, 5) is 25.5. The molecule has 0 radical (unpaired) electrons. The predicted octanol–water partition coefficient (Wildman–Crippen LogP) is 2.72. The van der Waals surface area contributed by atoms with Crippen molar-refractivity contribution in [3.05, 3.63) is 22.5 Å². The van der Waals surface area contributed by atoms with E-state index in [4.69, 9.17) is 9.47 Å². The van der Waals surface area contributed by atoms with E-state index >= 15 is 0 Å². The second kappa shape index (κ2) is 6.36. The van der Waals surface area contributed by atoms with Crippen LogP contribution in [0.1, 0.15) is 46.5 Å². The number of ketones is 1. The number of dihydropyridines is 1. The molecule has 1 N–H and O–H groups in total. The van der Waals surface area contributed by atoms with Crippen LogP contribution in [0.3, 0.4) is 0 Å². The van der Waals surface area contributed by atoms with Crippen LogP contribution < -0.4 is 5.32 Å². The topological polar surface area (TPSA) is 64.6 Å². The predicted molar refractivity (Wildman–Crippen MR) is 89.9 cm³/mol. The zero-order valence-electron chi connectivity index (χ0n) is 15.0. The molecule has 0 bridgehead atoms. The molecule has 0 saturated heterocycles. The highest BCUT2D eigenvalue weighted by Crippen LogP contribution is 2.51. The molecule has 1 saturated carbocycles. The van der Waals surface area contributed by atoms with Crippen molar-refractivity contribution in [1.82, 2.24) is 5.32 Å². The summed E-state index contributed by atoms with van der Waals surface area (Å²) in [5.41, 5.74) is 3.11. The SMILES string of the molecule is CCOC(=O)C1=C(COC)NC2=C(C(=O)CC(C)(C)C2)C1C1CC1. The Labute approximate surface area is 143 Å². The first kappa shape index (κ1) is 17.2. The van der Waals surface area contributed by atoms with Gasteiger partial charge in [0, 0.05) is 30.7 Å². The number of hydrogen-bond donors (Lipinski definition) is 1. The molecule has 1 aliphatic heterocycles. The average molecular weight is 333 g/mol. The number of methoxy groups -OCH3 is 1. The molecule has 0 aromatic heterocycles. The highest BCUT2D eigenvalue weighted by Gasteiger charge is 2.48. The Morgan fingerprint density at radius 2 is 2.00 bits per heavy atom. The number of rotatable bonds is 5. The Hall–Kier alpha value is -1.62. The zero-order valence-corrected chi connectivity index (χ0v) is 15.0. The van der Waals surface area contributed by atoms with Gasteiger partial charge in [-0.05, 0) is 37.5 Å². The Bertz CT molecular complexity index is 625. The number of ether oxygens (including phenoxy) is 2. The Kier molecular flexibility index (Phi) is 4.56. The van der Waals surface area contributed by atoms with Crippen molar-refractivity contribution in [3.63, 3.8) is 0 Å². The van der Waals surface area contributed by atoms with Gasteiger partial charge in [0.05, 0.1) is 24.5 Å². The molecule has 1 fully saturated rings. The van der Waals surface area contributed by atoms with E-state index in [1.54, 1.807) is 14.0 Å². The lowest BCUT2D eigenvalue weighted by molar-refractivity contribution is -0.139. The van der Waals surface area contributed by atoms with Gasteiger partial charge in [-0.1, -0.05) is 13.8 Å². The van der Waals surface area contributed by atoms with Crippen molar-refractivity contribution in [1.29, 1.82) is 0 Å². The van der Waals surface area contributed by atoms with Crippen LogP contribution in [0.4, 0.5) is 0 Å². The van der Waals surface area contributed by atoms with Crippen LogP contribution in [0.15, 0.2) is 22.5 Å². The third-order valence-corrected chi connectivity index (χ3v) is 5.05. The highest BCUT2D eigenvalue weighted by molar-refractivity contribution is 6.02. The molecule has 24 heavy (non-hydrogen) atoms. The molecule has 1 atom stereocenters. The summed E-state index contributed by atoms with van der Waals surface area (Å²) in [5, 5.41) is 3.36. The van der Waals surface area contributed by atoms with E-state index in [2.05, 4.69) is 19.2 Å². The molecule has 1 unspecified atom stereocenters. The molecule has 1 heterocycles. The molecule has 3 rings (SSSR count). The Balaban J connectivity index is 2.06. The van der Waals surface area contributed by atoms with Gasteiger partial charge in [-0.25, -0.2) is 4.79 Å². The van der Waals surface area contributed by atoms with Gasteiger partial charge in [0.2, 0.25) is 0 Å². The Morgan fingerprint density at radius 3 is 2.58 bits per heavy atom. The summed E-state index contributed by atoms with van der Waals surface area (Å²) < 4.78 is 10.6. The van der Waals surface area contributed by atoms with E-state index in [0.717, 1.165) is 36.2 Å². The molecule has 0 aromatic carbocycles. The first-order valence-electron chi connectivity index (χ1n) is 8.80. The summed E-state index contributed by atoms with van der Waals surface area (Å²) in [7, 11) is 1.61. The van der Waals surface area contributed by atoms with E-state index in [9.17, 15) is 9.59 Å². The average Bonchev–Trinajstić information content (AvgIpc) is 3.29. The first-order chi connectivity index (χ1) is 11.4. The molecular weight excluding hydrogens is 306 g/mol.